The van der Waals surface area contributed by atoms with E-state index in [2.05, 4.69) is 26.8 Å². The Labute approximate surface area is 117 Å². The zero-order valence-corrected chi connectivity index (χ0v) is 13.2. The van der Waals surface area contributed by atoms with Crippen molar-refractivity contribution in [3.05, 3.63) is 23.0 Å². The highest BCUT2D eigenvalue weighted by Gasteiger charge is 2.23. The van der Waals surface area contributed by atoms with Gasteiger partial charge in [-0.15, -0.1) is 0 Å². The molecule has 0 heterocycles. The van der Waals surface area contributed by atoms with E-state index in [-0.39, 0.29) is 11.5 Å². The minimum Gasteiger partial charge on any atom is -0.414 e. The van der Waals surface area contributed by atoms with E-state index >= 15 is 0 Å². The maximum atomic E-state index is 11.9. The molecule has 0 atom stereocenters. The summed E-state index contributed by atoms with van der Waals surface area (Å²) in [5.74, 6) is 0.824. The van der Waals surface area contributed by atoms with Gasteiger partial charge in [-0.2, -0.15) is 0 Å². The molecular weight excluding hydrogens is 238 g/mol. The maximum absolute atomic E-state index is 11.9. The third-order valence-corrected chi connectivity index (χ3v) is 3.65. The second-order valence-electron chi connectivity index (χ2n) is 6.07. The van der Waals surface area contributed by atoms with Gasteiger partial charge < -0.3 is 9.64 Å². The van der Waals surface area contributed by atoms with Crippen LogP contribution in [0.1, 0.15) is 54.4 Å². The summed E-state index contributed by atoms with van der Waals surface area (Å²) in [5, 5.41) is 0. The molecule has 0 saturated carbocycles. The zero-order chi connectivity index (χ0) is 14.6. The highest BCUT2D eigenvalue weighted by Crippen LogP contribution is 2.35. The number of allylic oxidation sites excluding steroid dienone is 4. The number of rotatable bonds is 3. The quantitative estimate of drug-likeness (QED) is 0.751. The molecule has 0 N–H and O–H groups in total. The van der Waals surface area contributed by atoms with Crippen LogP contribution in [0.25, 0.3) is 0 Å². The Hall–Kier alpha value is -1.25. The lowest BCUT2D eigenvalue weighted by Crippen LogP contribution is -2.31. The lowest BCUT2D eigenvalue weighted by Gasteiger charge is -2.28. The maximum Gasteiger partial charge on any atom is 0.414 e. The summed E-state index contributed by atoms with van der Waals surface area (Å²) in [6, 6.07) is 0. The van der Waals surface area contributed by atoms with Gasteiger partial charge in [-0.05, 0) is 38.2 Å². The summed E-state index contributed by atoms with van der Waals surface area (Å²) >= 11 is 0. The third kappa shape index (κ3) is 4.12. The van der Waals surface area contributed by atoms with Gasteiger partial charge in [0.25, 0.3) is 0 Å². The van der Waals surface area contributed by atoms with Crippen molar-refractivity contribution < 1.29 is 9.53 Å². The SMILES string of the molecule is CCN(CC)C(=O)OC1=C(C)C=C(C(C)(C)C)CC1. The summed E-state index contributed by atoms with van der Waals surface area (Å²) < 4.78 is 5.53. The van der Waals surface area contributed by atoms with Crippen molar-refractivity contribution in [2.45, 2.75) is 54.4 Å². The molecule has 3 heteroatoms. The molecule has 0 spiro atoms. The summed E-state index contributed by atoms with van der Waals surface area (Å²) in [4.78, 5) is 13.6. The monoisotopic (exact) mass is 265 g/mol. The Morgan fingerprint density at radius 2 is 1.84 bits per heavy atom. The van der Waals surface area contributed by atoms with E-state index in [1.165, 1.54) is 5.57 Å². The van der Waals surface area contributed by atoms with Crippen LogP contribution in [-0.4, -0.2) is 24.1 Å². The van der Waals surface area contributed by atoms with Crippen LogP contribution in [0.4, 0.5) is 4.79 Å². The van der Waals surface area contributed by atoms with E-state index in [1.54, 1.807) is 4.90 Å². The first kappa shape index (κ1) is 15.8. The Kier molecular flexibility index (Phi) is 5.21. The molecule has 0 aromatic carbocycles. The average Bonchev–Trinajstić information content (AvgIpc) is 2.32. The van der Waals surface area contributed by atoms with Crippen molar-refractivity contribution in [2.24, 2.45) is 5.41 Å². The van der Waals surface area contributed by atoms with Crippen LogP contribution in [-0.2, 0) is 4.74 Å². The van der Waals surface area contributed by atoms with Crippen molar-refractivity contribution in [3.8, 4) is 0 Å². The zero-order valence-electron chi connectivity index (χ0n) is 13.2. The largest absolute Gasteiger partial charge is 0.414 e. The standard InChI is InChI=1S/C16H27NO2/c1-7-17(8-2)15(18)19-14-10-9-13(11-12(14)3)16(4,5)6/h11H,7-10H2,1-6H3. The molecule has 0 saturated heterocycles. The molecule has 1 rings (SSSR count). The first-order chi connectivity index (χ1) is 8.79. The lowest BCUT2D eigenvalue weighted by molar-refractivity contribution is 0.129. The first-order valence-corrected chi connectivity index (χ1v) is 7.17. The van der Waals surface area contributed by atoms with E-state index in [1.807, 2.05) is 20.8 Å². The molecule has 0 aromatic heterocycles. The number of amides is 1. The average molecular weight is 265 g/mol. The molecule has 3 nitrogen and oxygen atoms in total. The van der Waals surface area contributed by atoms with Gasteiger partial charge in [0, 0.05) is 19.5 Å². The lowest BCUT2D eigenvalue weighted by atomic mass is 9.80. The van der Waals surface area contributed by atoms with Gasteiger partial charge >= 0.3 is 6.09 Å². The minimum absolute atomic E-state index is 0.190. The minimum atomic E-state index is -0.230. The van der Waals surface area contributed by atoms with Crippen molar-refractivity contribution in [1.29, 1.82) is 0 Å². The van der Waals surface area contributed by atoms with Crippen LogP contribution in [0.5, 0.6) is 0 Å². The van der Waals surface area contributed by atoms with Gasteiger partial charge in [0.05, 0.1) is 0 Å². The van der Waals surface area contributed by atoms with Crippen molar-refractivity contribution in [3.63, 3.8) is 0 Å². The number of carbonyl (C=O) groups is 1. The summed E-state index contributed by atoms with van der Waals surface area (Å²) in [6.45, 7) is 14.0. The molecule has 1 aliphatic rings. The third-order valence-electron chi connectivity index (χ3n) is 3.65. The molecule has 1 amide bonds. The van der Waals surface area contributed by atoms with Crippen LogP contribution in [0.3, 0.4) is 0 Å². The van der Waals surface area contributed by atoms with Crippen LogP contribution < -0.4 is 0 Å². The molecule has 0 radical (unpaired) electrons. The number of carbonyl (C=O) groups excluding carboxylic acids is 1. The summed E-state index contributed by atoms with van der Waals surface area (Å²) in [5.41, 5.74) is 2.69. The van der Waals surface area contributed by atoms with Crippen LogP contribution in [0, 0.1) is 5.41 Å². The highest BCUT2D eigenvalue weighted by atomic mass is 16.6. The topological polar surface area (TPSA) is 29.5 Å². The Morgan fingerprint density at radius 1 is 1.26 bits per heavy atom. The number of ether oxygens (including phenoxy) is 1. The van der Waals surface area contributed by atoms with Gasteiger partial charge in [-0.1, -0.05) is 32.4 Å². The number of hydrogen-bond donors (Lipinski definition) is 0. The smallest absolute Gasteiger partial charge is 0.414 e. The molecule has 19 heavy (non-hydrogen) atoms. The molecular formula is C16H27NO2. The summed E-state index contributed by atoms with van der Waals surface area (Å²) in [6.07, 6.45) is 3.74. The van der Waals surface area contributed by atoms with E-state index in [0.717, 1.165) is 24.2 Å². The van der Waals surface area contributed by atoms with Crippen LogP contribution >= 0.6 is 0 Å². The van der Waals surface area contributed by atoms with Gasteiger partial charge in [0.15, 0.2) is 0 Å². The fraction of sp³-hybridized carbons (Fsp3) is 0.688. The molecule has 1 aliphatic carbocycles. The van der Waals surface area contributed by atoms with E-state index < -0.39 is 0 Å². The van der Waals surface area contributed by atoms with Crippen molar-refractivity contribution in [1.82, 2.24) is 4.90 Å². The molecule has 0 bridgehead atoms. The van der Waals surface area contributed by atoms with Gasteiger partial charge in [-0.3, -0.25) is 0 Å². The summed E-state index contributed by atoms with van der Waals surface area (Å²) in [7, 11) is 0. The van der Waals surface area contributed by atoms with Crippen LogP contribution in [0.2, 0.25) is 0 Å². The van der Waals surface area contributed by atoms with E-state index in [0.29, 0.717) is 13.1 Å². The van der Waals surface area contributed by atoms with Crippen LogP contribution in [0.15, 0.2) is 23.0 Å². The van der Waals surface area contributed by atoms with Gasteiger partial charge in [0.1, 0.15) is 5.76 Å². The second-order valence-corrected chi connectivity index (χ2v) is 6.07. The molecule has 108 valence electrons. The predicted octanol–water partition coefficient (Wildman–Crippen LogP) is 4.51. The van der Waals surface area contributed by atoms with E-state index in [4.69, 9.17) is 4.74 Å². The van der Waals surface area contributed by atoms with Gasteiger partial charge in [-0.25, -0.2) is 4.79 Å². The molecule has 0 unspecified atom stereocenters. The number of hydrogen-bond acceptors (Lipinski definition) is 2. The fourth-order valence-electron chi connectivity index (χ4n) is 2.23. The highest BCUT2D eigenvalue weighted by molar-refractivity contribution is 5.69. The molecule has 0 aliphatic heterocycles. The Morgan fingerprint density at radius 3 is 2.26 bits per heavy atom. The van der Waals surface area contributed by atoms with E-state index in [9.17, 15) is 4.79 Å². The molecule has 0 aromatic rings. The number of nitrogens with zero attached hydrogens (tertiary/aromatic N) is 1. The van der Waals surface area contributed by atoms with Crippen molar-refractivity contribution >= 4 is 6.09 Å². The Balaban J connectivity index is 2.81. The first-order valence-electron chi connectivity index (χ1n) is 7.17. The van der Waals surface area contributed by atoms with Gasteiger partial charge in [0.2, 0.25) is 0 Å². The second kappa shape index (κ2) is 6.27. The normalized spacial score (nSPS) is 16.2. The predicted molar refractivity (Wildman–Crippen MR) is 78.9 cm³/mol. The Bertz CT molecular complexity index is 395. The van der Waals surface area contributed by atoms with Crippen molar-refractivity contribution in [2.75, 3.05) is 13.1 Å². The fourth-order valence-corrected chi connectivity index (χ4v) is 2.23. The molecule has 0 fully saturated rings.